The third-order valence-corrected chi connectivity index (χ3v) is 3.29. The summed E-state index contributed by atoms with van der Waals surface area (Å²) in [7, 11) is 0. The maximum absolute atomic E-state index is 12.8. The molecule has 23 heavy (non-hydrogen) atoms. The van der Waals surface area contributed by atoms with Crippen LogP contribution in [0.5, 0.6) is 0 Å². The van der Waals surface area contributed by atoms with E-state index in [1.807, 2.05) is 0 Å². The zero-order valence-corrected chi connectivity index (χ0v) is 12.8. The summed E-state index contributed by atoms with van der Waals surface area (Å²) in [5, 5.41) is 2.69. The molecule has 5 heteroatoms. The number of esters is 1. The largest absolute Gasteiger partial charge is 0.449 e. The monoisotopic (exact) mass is 315 g/mol. The third kappa shape index (κ3) is 5.21. The molecule has 2 rings (SSSR count). The van der Waals surface area contributed by atoms with E-state index in [-0.39, 0.29) is 11.7 Å². The Labute approximate surface area is 134 Å². The van der Waals surface area contributed by atoms with Gasteiger partial charge in [0.1, 0.15) is 5.82 Å². The maximum atomic E-state index is 12.8. The van der Waals surface area contributed by atoms with Crippen molar-refractivity contribution in [2.45, 2.75) is 19.4 Å². The molecular formula is C18H18FNO3. The van der Waals surface area contributed by atoms with Crippen molar-refractivity contribution in [2.24, 2.45) is 0 Å². The quantitative estimate of drug-likeness (QED) is 0.834. The first-order chi connectivity index (χ1) is 11.1. The molecule has 0 bridgehead atoms. The van der Waals surface area contributed by atoms with Crippen molar-refractivity contribution < 1.29 is 18.7 Å². The molecule has 0 fully saturated rings. The van der Waals surface area contributed by atoms with Gasteiger partial charge in [-0.1, -0.05) is 30.3 Å². The van der Waals surface area contributed by atoms with Crippen molar-refractivity contribution in [3.05, 3.63) is 71.5 Å². The van der Waals surface area contributed by atoms with Crippen molar-refractivity contribution in [1.29, 1.82) is 0 Å². The SMILES string of the molecule is C[C@@H](OC(=O)c1ccccc1)C(=O)NCCc1ccc(F)cc1. The molecule has 4 nitrogen and oxygen atoms in total. The van der Waals surface area contributed by atoms with Gasteiger partial charge in [0.05, 0.1) is 5.56 Å². The summed E-state index contributed by atoms with van der Waals surface area (Å²) in [4.78, 5) is 23.8. The van der Waals surface area contributed by atoms with Crippen LogP contribution >= 0.6 is 0 Å². The van der Waals surface area contributed by atoms with Crippen molar-refractivity contribution in [3.8, 4) is 0 Å². The van der Waals surface area contributed by atoms with Crippen molar-refractivity contribution in [2.75, 3.05) is 6.54 Å². The van der Waals surface area contributed by atoms with Gasteiger partial charge in [0, 0.05) is 6.54 Å². The van der Waals surface area contributed by atoms with Gasteiger partial charge < -0.3 is 10.1 Å². The lowest BCUT2D eigenvalue weighted by atomic mass is 10.1. The van der Waals surface area contributed by atoms with Gasteiger partial charge in [0.2, 0.25) is 0 Å². The molecule has 0 aromatic heterocycles. The van der Waals surface area contributed by atoms with Crippen LogP contribution in [0.15, 0.2) is 54.6 Å². The van der Waals surface area contributed by atoms with Crippen molar-refractivity contribution in [3.63, 3.8) is 0 Å². The number of amides is 1. The second-order valence-corrected chi connectivity index (χ2v) is 5.08. The molecular weight excluding hydrogens is 297 g/mol. The molecule has 0 heterocycles. The van der Waals surface area contributed by atoms with Gasteiger partial charge in [-0.15, -0.1) is 0 Å². The van der Waals surface area contributed by atoms with Crippen molar-refractivity contribution >= 4 is 11.9 Å². The van der Waals surface area contributed by atoms with E-state index in [0.29, 0.717) is 18.5 Å². The molecule has 0 radical (unpaired) electrons. The lowest BCUT2D eigenvalue weighted by Gasteiger charge is -2.13. The van der Waals surface area contributed by atoms with Gasteiger partial charge in [0.25, 0.3) is 5.91 Å². The molecule has 0 aliphatic carbocycles. The summed E-state index contributed by atoms with van der Waals surface area (Å²) in [6.07, 6.45) is -0.304. The van der Waals surface area contributed by atoms with Crippen LogP contribution in [0.2, 0.25) is 0 Å². The Balaban J connectivity index is 1.76. The van der Waals surface area contributed by atoms with E-state index in [4.69, 9.17) is 4.74 Å². The average Bonchev–Trinajstić information content (AvgIpc) is 2.57. The van der Waals surface area contributed by atoms with E-state index in [0.717, 1.165) is 5.56 Å². The van der Waals surface area contributed by atoms with Crippen LogP contribution in [0.4, 0.5) is 4.39 Å². The highest BCUT2D eigenvalue weighted by Gasteiger charge is 2.18. The summed E-state index contributed by atoms with van der Waals surface area (Å²) >= 11 is 0. The topological polar surface area (TPSA) is 55.4 Å². The van der Waals surface area contributed by atoms with Crippen LogP contribution in [0.25, 0.3) is 0 Å². The predicted molar refractivity (Wildman–Crippen MR) is 84.4 cm³/mol. The number of nitrogens with one attached hydrogen (secondary N) is 1. The number of benzene rings is 2. The van der Waals surface area contributed by atoms with E-state index in [1.165, 1.54) is 19.1 Å². The number of carbonyl (C=O) groups excluding carboxylic acids is 2. The van der Waals surface area contributed by atoms with Gasteiger partial charge in [-0.05, 0) is 43.2 Å². The van der Waals surface area contributed by atoms with Gasteiger partial charge in [-0.25, -0.2) is 9.18 Å². The molecule has 0 saturated heterocycles. The lowest BCUT2D eigenvalue weighted by Crippen LogP contribution is -2.36. The summed E-state index contributed by atoms with van der Waals surface area (Å²) in [6, 6.07) is 14.6. The highest BCUT2D eigenvalue weighted by atomic mass is 19.1. The fourth-order valence-electron chi connectivity index (χ4n) is 1.98. The number of carbonyl (C=O) groups is 2. The van der Waals surface area contributed by atoms with Crippen LogP contribution < -0.4 is 5.32 Å². The minimum absolute atomic E-state index is 0.292. The second-order valence-electron chi connectivity index (χ2n) is 5.08. The van der Waals surface area contributed by atoms with Crippen LogP contribution in [0, 0.1) is 5.82 Å². The molecule has 1 N–H and O–H groups in total. The van der Waals surface area contributed by atoms with Gasteiger partial charge >= 0.3 is 5.97 Å². The fraction of sp³-hybridized carbons (Fsp3) is 0.222. The van der Waals surface area contributed by atoms with Crippen LogP contribution in [-0.4, -0.2) is 24.5 Å². The predicted octanol–water partition coefficient (Wildman–Crippen LogP) is 2.73. The summed E-state index contributed by atoms with van der Waals surface area (Å²) in [5.41, 5.74) is 1.32. The van der Waals surface area contributed by atoms with E-state index in [1.54, 1.807) is 42.5 Å². The number of rotatable bonds is 6. The zero-order valence-electron chi connectivity index (χ0n) is 12.8. The van der Waals surface area contributed by atoms with Crippen LogP contribution in [0.1, 0.15) is 22.8 Å². The van der Waals surface area contributed by atoms with E-state index < -0.39 is 12.1 Å². The fourth-order valence-corrected chi connectivity index (χ4v) is 1.98. The Kier molecular flexibility index (Phi) is 5.86. The average molecular weight is 315 g/mol. The number of hydrogen-bond donors (Lipinski definition) is 1. The standard InChI is InChI=1S/C18H18FNO3/c1-13(23-18(22)15-5-3-2-4-6-15)17(21)20-12-11-14-7-9-16(19)10-8-14/h2-10,13H,11-12H2,1H3,(H,20,21)/t13-/m1/s1. The first-order valence-electron chi connectivity index (χ1n) is 7.34. The molecule has 0 aliphatic rings. The van der Waals surface area contributed by atoms with E-state index in [9.17, 15) is 14.0 Å². The Hall–Kier alpha value is -2.69. The molecule has 1 amide bonds. The normalized spacial score (nSPS) is 11.6. The first kappa shape index (κ1) is 16.7. The molecule has 0 saturated carbocycles. The van der Waals surface area contributed by atoms with Gasteiger partial charge in [-0.3, -0.25) is 4.79 Å². The Morgan fingerprint density at radius 2 is 1.74 bits per heavy atom. The minimum atomic E-state index is -0.879. The Bertz CT molecular complexity index is 656. The summed E-state index contributed by atoms with van der Waals surface area (Å²) < 4.78 is 17.9. The summed E-state index contributed by atoms with van der Waals surface area (Å²) in [6.45, 7) is 1.91. The molecule has 0 spiro atoms. The zero-order chi connectivity index (χ0) is 16.7. The van der Waals surface area contributed by atoms with Gasteiger partial charge in [0.15, 0.2) is 6.10 Å². The number of hydrogen-bond acceptors (Lipinski definition) is 3. The lowest BCUT2D eigenvalue weighted by molar-refractivity contribution is -0.129. The molecule has 2 aromatic carbocycles. The third-order valence-electron chi connectivity index (χ3n) is 3.29. The Morgan fingerprint density at radius 1 is 1.09 bits per heavy atom. The van der Waals surface area contributed by atoms with Crippen LogP contribution in [0.3, 0.4) is 0 Å². The maximum Gasteiger partial charge on any atom is 0.338 e. The molecule has 2 aromatic rings. The molecule has 120 valence electrons. The number of ether oxygens (including phenoxy) is 1. The van der Waals surface area contributed by atoms with Crippen molar-refractivity contribution in [1.82, 2.24) is 5.32 Å². The van der Waals surface area contributed by atoms with E-state index in [2.05, 4.69) is 5.32 Å². The van der Waals surface area contributed by atoms with E-state index >= 15 is 0 Å². The van der Waals surface area contributed by atoms with Crippen LogP contribution in [-0.2, 0) is 16.0 Å². The Morgan fingerprint density at radius 3 is 2.39 bits per heavy atom. The highest BCUT2D eigenvalue weighted by Crippen LogP contribution is 2.05. The second kappa shape index (κ2) is 8.08. The molecule has 0 unspecified atom stereocenters. The smallest absolute Gasteiger partial charge is 0.338 e. The van der Waals surface area contributed by atoms with Gasteiger partial charge in [-0.2, -0.15) is 0 Å². The summed E-state index contributed by atoms with van der Waals surface area (Å²) in [5.74, 6) is -1.19. The number of halogens is 1. The minimum Gasteiger partial charge on any atom is -0.449 e. The first-order valence-corrected chi connectivity index (χ1v) is 7.34. The molecule has 1 atom stereocenters. The molecule has 0 aliphatic heterocycles. The highest BCUT2D eigenvalue weighted by molar-refractivity contribution is 5.92.